The number of hydrogen-bond donors (Lipinski definition) is 1. The second-order valence-corrected chi connectivity index (χ2v) is 8.68. The first kappa shape index (κ1) is 23.5. The lowest BCUT2D eigenvalue weighted by molar-refractivity contribution is -0.139. The van der Waals surface area contributed by atoms with E-state index in [0.29, 0.717) is 40.5 Å². The molecule has 1 aliphatic rings. The molecule has 1 aromatic carbocycles. The molecule has 0 saturated heterocycles. The molecule has 1 atom stereocenters. The van der Waals surface area contributed by atoms with Crippen LogP contribution in [0.25, 0.3) is 0 Å². The second-order valence-electron chi connectivity index (χ2n) is 6.76. The number of benzene rings is 1. The van der Waals surface area contributed by atoms with Crippen LogP contribution in [0.3, 0.4) is 0 Å². The van der Waals surface area contributed by atoms with Gasteiger partial charge in [-0.25, -0.2) is 9.48 Å². The number of rotatable bonds is 9. The molecule has 1 aliphatic heterocycles. The van der Waals surface area contributed by atoms with Crippen molar-refractivity contribution in [2.75, 3.05) is 31.4 Å². The minimum absolute atomic E-state index is 0.278. The van der Waals surface area contributed by atoms with Crippen molar-refractivity contribution >= 4 is 39.6 Å². The first-order chi connectivity index (χ1) is 14.9. The van der Waals surface area contributed by atoms with Crippen molar-refractivity contribution in [2.24, 2.45) is 0 Å². The Hall–Kier alpha value is -2.20. The maximum atomic E-state index is 12.9. The molecule has 3 rings (SSSR count). The Bertz CT molecular complexity index is 992. The summed E-state index contributed by atoms with van der Waals surface area (Å²) in [6.45, 7) is 8.41. The normalized spacial score (nSPS) is 15.4. The molecule has 0 fully saturated rings. The van der Waals surface area contributed by atoms with E-state index in [2.05, 4.69) is 33.2 Å². The first-order valence-electron chi connectivity index (χ1n) is 10.2. The zero-order chi connectivity index (χ0) is 22.5. The minimum Gasteiger partial charge on any atom is -0.492 e. The summed E-state index contributed by atoms with van der Waals surface area (Å²) < 4.78 is 19.1. The Kier molecular flexibility index (Phi) is 7.88. The predicted molar refractivity (Wildman–Crippen MR) is 124 cm³/mol. The lowest BCUT2D eigenvalue weighted by Crippen LogP contribution is -2.29. The number of nitrogens with zero attached hydrogens (tertiary/aromatic N) is 3. The standard InChI is InChI=1S/C21H27BrN4O4S/c1-6-9-31-21-24-20-23-12(4)16(19(27)30-8-3)17(26(20)25-21)13-10-14(22)18(28-5)15(11-13)29-7-2/h10-11,17H,6-9H2,1-5H3,(H,23,24,25). The van der Waals surface area contributed by atoms with Gasteiger partial charge in [0.15, 0.2) is 11.5 Å². The summed E-state index contributed by atoms with van der Waals surface area (Å²) in [6, 6.07) is 3.26. The van der Waals surface area contributed by atoms with Crippen LogP contribution in [0.15, 0.2) is 33.0 Å². The van der Waals surface area contributed by atoms with Gasteiger partial charge in [0, 0.05) is 11.4 Å². The molecule has 8 nitrogen and oxygen atoms in total. The summed E-state index contributed by atoms with van der Waals surface area (Å²) in [7, 11) is 1.59. The second kappa shape index (κ2) is 10.4. The molecule has 0 amide bonds. The lowest BCUT2D eigenvalue weighted by atomic mass is 9.95. The molecule has 1 unspecified atom stereocenters. The third-order valence-electron chi connectivity index (χ3n) is 4.62. The zero-order valence-electron chi connectivity index (χ0n) is 18.3. The molecule has 0 bridgehead atoms. The molecule has 0 radical (unpaired) electrons. The van der Waals surface area contributed by atoms with Crippen LogP contribution >= 0.6 is 27.7 Å². The fraction of sp³-hybridized carbons (Fsp3) is 0.476. The Balaban J connectivity index is 2.18. The van der Waals surface area contributed by atoms with Gasteiger partial charge in [-0.2, -0.15) is 4.98 Å². The Morgan fingerprint density at radius 2 is 2.06 bits per heavy atom. The van der Waals surface area contributed by atoms with E-state index >= 15 is 0 Å². The van der Waals surface area contributed by atoms with Crippen LogP contribution in [-0.2, 0) is 9.53 Å². The van der Waals surface area contributed by atoms with Gasteiger partial charge >= 0.3 is 5.97 Å². The number of anilines is 1. The van der Waals surface area contributed by atoms with Crippen molar-refractivity contribution in [1.29, 1.82) is 0 Å². The van der Waals surface area contributed by atoms with E-state index < -0.39 is 12.0 Å². The molecular formula is C21H27BrN4O4S. The van der Waals surface area contributed by atoms with E-state index in [9.17, 15) is 4.79 Å². The number of methoxy groups -OCH3 is 1. The van der Waals surface area contributed by atoms with Crippen LogP contribution < -0.4 is 14.8 Å². The maximum Gasteiger partial charge on any atom is 0.338 e. The highest BCUT2D eigenvalue weighted by atomic mass is 79.9. The third-order valence-corrected chi connectivity index (χ3v) is 6.25. The van der Waals surface area contributed by atoms with E-state index in [1.165, 1.54) is 0 Å². The molecule has 31 heavy (non-hydrogen) atoms. The predicted octanol–water partition coefficient (Wildman–Crippen LogP) is 4.80. The number of halogens is 1. The number of fused-ring (bicyclic) bond motifs is 1. The Labute approximate surface area is 194 Å². The lowest BCUT2D eigenvalue weighted by Gasteiger charge is -2.28. The number of ether oxygens (including phenoxy) is 3. The topological polar surface area (TPSA) is 87.5 Å². The quantitative estimate of drug-likeness (QED) is 0.380. The largest absolute Gasteiger partial charge is 0.492 e. The van der Waals surface area contributed by atoms with Gasteiger partial charge in [-0.3, -0.25) is 0 Å². The molecule has 0 aliphatic carbocycles. The monoisotopic (exact) mass is 510 g/mol. The van der Waals surface area contributed by atoms with Crippen LogP contribution in [0.1, 0.15) is 45.7 Å². The van der Waals surface area contributed by atoms with Gasteiger partial charge < -0.3 is 19.5 Å². The maximum absolute atomic E-state index is 12.9. The number of esters is 1. The molecular weight excluding hydrogens is 484 g/mol. The van der Waals surface area contributed by atoms with Crippen molar-refractivity contribution in [3.63, 3.8) is 0 Å². The number of carbonyl (C=O) groups is 1. The fourth-order valence-corrected chi connectivity index (χ4v) is 4.68. The van der Waals surface area contributed by atoms with Crippen LogP contribution in [0.4, 0.5) is 5.95 Å². The average molecular weight is 511 g/mol. The molecule has 1 aromatic heterocycles. The summed E-state index contributed by atoms with van der Waals surface area (Å²) in [5.74, 6) is 2.27. The van der Waals surface area contributed by atoms with Gasteiger partial charge in [-0.15, -0.1) is 5.10 Å². The van der Waals surface area contributed by atoms with Gasteiger partial charge in [0.05, 0.1) is 30.4 Å². The molecule has 168 valence electrons. The van der Waals surface area contributed by atoms with Crippen LogP contribution in [-0.4, -0.2) is 46.8 Å². The van der Waals surface area contributed by atoms with Gasteiger partial charge in [0.25, 0.3) is 0 Å². The first-order valence-corrected chi connectivity index (χ1v) is 12.0. The SMILES string of the molecule is CCCSc1nc2n(n1)C(c1cc(Br)c(OC)c(OCC)c1)C(C(=O)OCC)=C(C)N2. The van der Waals surface area contributed by atoms with Crippen LogP contribution in [0, 0.1) is 0 Å². The zero-order valence-corrected chi connectivity index (χ0v) is 20.7. The van der Waals surface area contributed by atoms with Crippen molar-refractivity contribution in [3.8, 4) is 11.5 Å². The van der Waals surface area contributed by atoms with Crippen LogP contribution in [0.5, 0.6) is 11.5 Å². The fourth-order valence-electron chi connectivity index (χ4n) is 3.37. The van der Waals surface area contributed by atoms with E-state index in [0.717, 1.165) is 22.2 Å². The summed E-state index contributed by atoms with van der Waals surface area (Å²) in [4.78, 5) is 17.6. The minimum atomic E-state index is -0.528. The average Bonchev–Trinajstić information content (AvgIpc) is 3.13. The number of nitrogens with one attached hydrogen (secondary N) is 1. The van der Waals surface area contributed by atoms with Gasteiger partial charge in [0.2, 0.25) is 11.1 Å². The van der Waals surface area contributed by atoms with E-state index in [4.69, 9.17) is 19.3 Å². The summed E-state index contributed by atoms with van der Waals surface area (Å²) in [5.41, 5.74) is 1.96. The summed E-state index contributed by atoms with van der Waals surface area (Å²) in [5, 5.41) is 8.57. The molecule has 2 heterocycles. The van der Waals surface area contributed by atoms with Crippen molar-refractivity contribution in [3.05, 3.63) is 33.4 Å². The molecule has 2 aromatic rings. The number of aromatic nitrogens is 3. The highest BCUT2D eigenvalue weighted by molar-refractivity contribution is 9.10. The third kappa shape index (κ3) is 4.85. The van der Waals surface area contributed by atoms with E-state index in [1.807, 2.05) is 26.0 Å². The van der Waals surface area contributed by atoms with Crippen molar-refractivity contribution in [1.82, 2.24) is 14.8 Å². The van der Waals surface area contributed by atoms with Gasteiger partial charge in [0.1, 0.15) is 6.04 Å². The van der Waals surface area contributed by atoms with Crippen molar-refractivity contribution in [2.45, 2.75) is 45.3 Å². The smallest absolute Gasteiger partial charge is 0.338 e. The summed E-state index contributed by atoms with van der Waals surface area (Å²) >= 11 is 5.16. The number of carbonyl (C=O) groups excluding carboxylic acids is 1. The molecule has 1 N–H and O–H groups in total. The Morgan fingerprint density at radius 3 is 2.71 bits per heavy atom. The highest BCUT2D eigenvalue weighted by Crippen LogP contribution is 2.43. The molecule has 10 heteroatoms. The number of allylic oxidation sites excluding steroid dienone is 1. The summed E-state index contributed by atoms with van der Waals surface area (Å²) in [6.07, 6.45) is 1.01. The number of hydrogen-bond acceptors (Lipinski definition) is 8. The van der Waals surface area contributed by atoms with Gasteiger partial charge in [-0.05, 0) is 60.8 Å². The Morgan fingerprint density at radius 1 is 1.29 bits per heavy atom. The molecule has 0 spiro atoms. The highest BCUT2D eigenvalue weighted by Gasteiger charge is 2.36. The van der Waals surface area contributed by atoms with E-state index in [1.54, 1.807) is 30.5 Å². The molecule has 0 saturated carbocycles. The van der Waals surface area contributed by atoms with E-state index in [-0.39, 0.29) is 6.61 Å². The van der Waals surface area contributed by atoms with Crippen LogP contribution in [0.2, 0.25) is 0 Å². The van der Waals surface area contributed by atoms with Crippen molar-refractivity contribution < 1.29 is 19.0 Å². The van der Waals surface area contributed by atoms with Gasteiger partial charge in [-0.1, -0.05) is 18.7 Å². The number of thioether (sulfide) groups is 1.